The van der Waals surface area contributed by atoms with Gasteiger partial charge in [0, 0.05) is 0 Å². The minimum atomic E-state index is -0.153. The standard InChI is InChI=1S/C15H26O4/c1-4-8-18-14(16)12-7-6-11(3)13(10-12)15(17)19-9-5-2/h11-13H,4-10H2,1-3H3. The Morgan fingerprint density at radius 1 is 1.00 bits per heavy atom. The van der Waals surface area contributed by atoms with Gasteiger partial charge in [0.25, 0.3) is 0 Å². The SMILES string of the molecule is CCCOC(=O)C1CCC(C)C(C(=O)OCCC)C1. The minimum absolute atomic E-state index is 0.137. The van der Waals surface area contributed by atoms with Gasteiger partial charge in [-0.3, -0.25) is 9.59 Å². The monoisotopic (exact) mass is 270 g/mol. The first-order valence-electron chi connectivity index (χ1n) is 7.43. The molecule has 1 saturated carbocycles. The maximum Gasteiger partial charge on any atom is 0.309 e. The van der Waals surface area contributed by atoms with Gasteiger partial charge in [-0.15, -0.1) is 0 Å². The van der Waals surface area contributed by atoms with Crippen molar-refractivity contribution >= 4 is 11.9 Å². The Morgan fingerprint density at radius 3 is 2.16 bits per heavy atom. The summed E-state index contributed by atoms with van der Waals surface area (Å²) in [6.07, 6.45) is 3.94. The zero-order chi connectivity index (χ0) is 14.3. The van der Waals surface area contributed by atoms with Gasteiger partial charge in [0.2, 0.25) is 0 Å². The lowest BCUT2D eigenvalue weighted by atomic mass is 9.75. The third-order valence-electron chi connectivity index (χ3n) is 3.73. The smallest absolute Gasteiger partial charge is 0.309 e. The highest BCUT2D eigenvalue weighted by Gasteiger charge is 2.37. The predicted octanol–water partition coefficient (Wildman–Crippen LogP) is 2.95. The second-order valence-electron chi connectivity index (χ2n) is 5.43. The van der Waals surface area contributed by atoms with Crippen molar-refractivity contribution in [3.05, 3.63) is 0 Å². The molecule has 1 aliphatic carbocycles. The highest BCUT2D eigenvalue weighted by atomic mass is 16.5. The van der Waals surface area contributed by atoms with Crippen LogP contribution in [0.3, 0.4) is 0 Å². The Hall–Kier alpha value is -1.06. The molecule has 4 nitrogen and oxygen atoms in total. The molecule has 0 radical (unpaired) electrons. The summed E-state index contributed by atoms with van der Waals surface area (Å²) in [5.41, 5.74) is 0. The maximum atomic E-state index is 12.0. The van der Waals surface area contributed by atoms with Crippen LogP contribution >= 0.6 is 0 Å². The zero-order valence-electron chi connectivity index (χ0n) is 12.3. The lowest BCUT2D eigenvalue weighted by Gasteiger charge is -2.31. The molecule has 1 rings (SSSR count). The summed E-state index contributed by atoms with van der Waals surface area (Å²) in [7, 11) is 0. The van der Waals surface area contributed by atoms with E-state index < -0.39 is 0 Å². The molecule has 0 aromatic carbocycles. The van der Waals surface area contributed by atoms with Crippen LogP contribution in [0.1, 0.15) is 52.9 Å². The Bertz CT molecular complexity index is 301. The summed E-state index contributed by atoms with van der Waals surface area (Å²) in [4.78, 5) is 23.8. The van der Waals surface area contributed by atoms with E-state index in [-0.39, 0.29) is 23.8 Å². The molecule has 0 aromatic heterocycles. The average molecular weight is 270 g/mol. The first-order valence-corrected chi connectivity index (χ1v) is 7.43. The predicted molar refractivity (Wildman–Crippen MR) is 72.5 cm³/mol. The summed E-state index contributed by atoms with van der Waals surface area (Å²) in [6.45, 7) is 6.94. The number of ether oxygens (including phenoxy) is 2. The number of esters is 2. The van der Waals surface area contributed by atoms with Gasteiger partial charge in [-0.05, 0) is 38.0 Å². The molecular formula is C15H26O4. The number of carbonyl (C=O) groups excluding carboxylic acids is 2. The summed E-state index contributed by atoms with van der Waals surface area (Å²) in [5, 5.41) is 0. The molecule has 3 unspecified atom stereocenters. The zero-order valence-corrected chi connectivity index (χ0v) is 12.3. The molecule has 1 aliphatic rings. The van der Waals surface area contributed by atoms with Crippen molar-refractivity contribution in [2.24, 2.45) is 17.8 Å². The fourth-order valence-electron chi connectivity index (χ4n) is 2.49. The number of hydrogen-bond donors (Lipinski definition) is 0. The van der Waals surface area contributed by atoms with Crippen molar-refractivity contribution in [1.82, 2.24) is 0 Å². The molecule has 19 heavy (non-hydrogen) atoms. The molecule has 0 aliphatic heterocycles. The van der Waals surface area contributed by atoms with E-state index in [1.54, 1.807) is 0 Å². The van der Waals surface area contributed by atoms with E-state index in [1.807, 2.05) is 13.8 Å². The quantitative estimate of drug-likeness (QED) is 0.696. The van der Waals surface area contributed by atoms with E-state index in [9.17, 15) is 9.59 Å². The third kappa shape index (κ3) is 4.84. The Labute approximate surface area is 115 Å². The van der Waals surface area contributed by atoms with Gasteiger partial charge in [0.05, 0.1) is 25.0 Å². The van der Waals surface area contributed by atoms with E-state index in [4.69, 9.17) is 9.47 Å². The molecule has 0 amide bonds. The molecule has 0 saturated heterocycles. The minimum Gasteiger partial charge on any atom is -0.465 e. The van der Waals surface area contributed by atoms with Crippen LogP contribution in [0.5, 0.6) is 0 Å². The van der Waals surface area contributed by atoms with Crippen molar-refractivity contribution in [2.75, 3.05) is 13.2 Å². The lowest BCUT2D eigenvalue weighted by molar-refractivity contribution is -0.157. The normalized spacial score (nSPS) is 26.8. The van der Waals surface area contributed by atoms with Gasteiger partial charge in [0.15, 0.2) is 0 Å². The van der Waals surface area contributed by atoms with Crippen LogP contribution in [-0.2, 0) is 19.1 Å². The lowest BCUT2D eigenvalue weighted by Crippen LogP contribution is -2.34. The Morgan fingerprint density at radius 2 is 1.58 bits per heavy atom. The summed E-state index contributed by atoms with van der Waals surface area (Å²) >= 11 is 0. The molecule has 4 heteroatoms. The van der Waals surface area contributed by atoms with Gasteiger partial charge < -0.3 is 9.47 Å². The van der Waals surface area contributed by atoms with Crippen LogP contribution in [0.25, 0.3) is 0 Å². The van der Waals surface area contributed by atoms with E-state index >= 15 is 0 Å². The number of rotatable bonds is 6. The van der Waals surface area contributed by atoms with Gasteiger partial charge in [-0.25, -0.2) is 0 Å². The summed E-state index contributed by atoms with van der Waals surface area (Å²) in [5.74, 6) is -0.301. The highest BCUT2D eigenvalue weighted by molar-refractivity contribution is 5.76. The van der Waals surface area contributed by atoms with E-state index in [1.165, 1.54) is 0 Å². The number of hydrogen-bond acceptors (Lipinski definition) is 4. The van der Waals surface area contributed by atoms with Crippen LogP contribution in [0.2, 0.25) is 0 Å². The van der Waals surface area contributed by atoms with E-state index in [0.717, 1.165) is 25.7 Å². The van der Waals surface area contributed by atoms with Gasteiger partial charge in [-0.1, -0.05) is 20.8 Å². The van der Waals surface area contributed by atoms with Crippen molar-refractivity contribution in [3.63, 3.8) is 0 Å². The van der Waals surface area contributed by atoms with Gasteiger partial charge >= 0.3 is 11.9 Å². The first kappa shape index (κ1) is 16.0. The van der Waals surface area contributed by atoms with E-state index in [0.29, 0.717) is 25.6 Å². The molecule has 3 atom stereocenters. The fraction of sp³-hybridized carbons (Fsp3) is 0.867. The fourth-order valence-corrected chi connectivity index (χ4v) is 2.49. The van der Waals surface area contributed by atoms with Crippen molar-refractivity contribution in [3.8, 4) is 0 Å². The van der Waals surface area contributed by atoms with Crippen LogP contribution in [0, 0.1) is 17.8 Å². The number of carbonyl (C=O) groups is 2. The molecule has 1 fully saturated rings. The Balaban J connectivity index is 2.52. The second-order valence-corrected chi connectivity index (χ2v) is 5.43. The molecule has 0 aromatic rings. The first-order chi connectivity index (χ1) is 9.10. The third-order valence-corrected chi connectivity index (χ3v) is 3.73. The molecule has 0 heterocycles. The van der Waals surface area contributed by atoms with Crippen molar-refractivity contribution in [2.45, 2.75) is 52.9 Å². The van der Waals surface area contributed by atoms with Gasteiger partial charge in [0.1, 0.15) is 0 Å². The van der Waals surface area contributed by atoms with Crippen molar-refractivity contribution in [1.29, 1.82) is 0 Å². The molecule has 0 bridgehead atoms. The topological polar surface area (TPSA) is 52.6 Å². The Kier molecular flexibility index (Phi) is 6.89. The van der Waals surface area contributed by atoms with Crippen molar-refractivity contribution < 1.29 is 19.1 Å². The van der Waals surface area contributed by atoms with Crippen LogP contribution < -0.4 is 0 Å². The molecule has 110 valence electrons. The average Bonchev–Trinajstić information content (AvgIpc) is 2.42. The molecule has 0 N–H and O–H groups in total. The van der Waals surface area contributed by atoms with Crippen LogP contribution in [0.15, 0.2) is 0 Å². The summed E-state index contributed by atoms with van der Waals surface area (Å²) < 4.78 is 10.4. The van der Waals surface area contributed by atoms with Gasteiger partial charge in [-0.2, -0.15) is 0 Å². The molecular weight excluding hydrogens is 244 g/mol. The highest BCUT2D eigenvalue weighted by Crippen LogP contribution is 2.35. The van der Waals surface area contributed by atoms with Crippen LogP contribution in [-0.4, -0.2) is 25.2 Å². The maximum absolute atomic E-state index is 12.0. The largest absolute Gasteiger partial charge is 0.465 e. The second kappa shape index (κ2) is 8.18. The summed E-state index contributed by atoms with van der Waals surface area (Å²) in [6, 6.07) is 0. The van der Waals surface area contributed by atoms with E-state index in [2.05, 4.69) is 6.92 Å². The molecule has 0 spiro atoms. The van der Waals surface area contributed by atoms with Crippen LogP contribution in [0.4, 0.5) is 0 Å².